The van der Waals surface area contributed by atoms with E-state index >= 15 is 0 Å². The number of hydrogen-bond donors (Lipinski definition) is 6. The molecule has 0 aromatic heterocycles. The third-order valence-corrected chi connectivity index (χ3v) is 8.47. The maximum absolute atomic E-state index is 13.1. The first-order valence-corrected chi connectivity index (χ1v) is 14.6. The Labute approximate surface area is 233 Å². The Hall–Kier alpha value is -3.97. The smallest absolute Gasteiger partial charge is 0.326 e. The molecule has 7 N–H and O–H groups in total. The molecule has 2 atom stereocenters. The van der Waals surface area contributed by atoms with Crippen LogP contribution < -0.4 is 21.7 Å². The molecule has 0 spiro atoms. The highest BCUT2D eigenvalue weighted by atomic mass is 32.2. The summed E-state index contributed by atoms with van der Waals surface area (Å²) in [6.45, 7) is 0.763. The lowest BCUT2D eigenvalue weighted by Crippen LogP contribution is -2.51. The van der Waals surface area contributed by atoms with E-state index in [0.29, 0.717) is 43.5 Å². The van der Waals surface area contributed by atoms with Gasteiger partial charge in [0, 0.05) is 31.6 Å². The van der Waals surface area contributed by atoms with Crippen molar-refractivity contribution >= 4 is 39.5 Å². The molecule has 1 saturated heterocycles. The van der Waals surface area contributed by atoms with Crippen LogP contribution >= 0.6 is 0 Å². The molecule has 216 valence electrons. The van der Waals surface area contributed by atoms with Crippen LogP contribution in [0.1, 0.15) is 44.1 Å². The van der Waals surface area contributed by atoms with Gasteiger partial charge in [-0.25, -0.2) is 13.2 Å². The third-order valence-electron chi connectivity index (χ3n) is 6.54. The lowest BCUT2D eigenvalue weighted by Gasteiger charge is -2.25. The van der Waals surface area contributed by atoms with Gasteiger partial charge in [0.2, 0.25) is 21.8 Å². The van der Waals surface area contributed by atoms with Crippen LogP contribution in [-0.4, -0.2) is 66.7 Å². The molecular formula is C27H36N6O6S. The minimum Gasteiger partial charge on any atom is -0.480 e. The highest BCUT2D eigenvalue weighted by Gasteiger charge is 2.40. The predicted octanol–water partition coefficient (Wildman–Crippen LogP) is 1.63. The van der Waals surface area contributed by atoms with Crippen LogP contribution in [0.25, 0.3) is 0 Å². The summed E-state index contributed by atoms with van der Waals surface area (Å²) in [4.78, 5) is 37.3. The fourth-order valence-electron chi connectivity index (χ4n) is 4.48. The summed E-state index contributed by atoms with van der Waals surface area (Å²) in [5.41, 5.74) is 6.41. The summed E-state index contributed by atoms with van der Waals surface area (Å²) in [5.74, 6) is -2.10. The first-order valence-electron chi connectivity index (χ1n) is 13.1. The van der Waals surface area contributed by atoms with Gasteiger partial charge in [-0.3, -0.25) is 15.0 Å². The summed E-state index contributed by atoms with van der Waals surface area (Å²) >= 11 is 0. The van der Waals surface area contributed by atoms with Crippen molar-refractivity contribution in [2.24, 2.45) is 5.73 Å². The summed E-state index contributed by atoms with van der Waals surface area (Å²) < 4.78 is 27.3. The Kier molecular flexibility index (Phi) is 11.0. The van der Waals surface area contributed by atoms with Gasteiger partial charge >= 0.3 is 5.97 Å². The van der Waals surface area contributed by atoms with Gasteiger partial charge in [-0.15, -0.1) is 0 Å². The standard InChI is InChI=1S/C27H36N6O6S/c28-27(29)30-16-6-2-5-11-24(34)31-20-14-12-19(13-15-20)18-22(26(36)37)32-25(35)23-10-7-17-33(23)40(38,39)21-8-3-1-4-9-21/h1,3-4,8-9,12-15,22-23H,2,5-7,10-11,16-18H2,(H,31,34)(H,32,35)(H,36,37)(H4,28,29,30)/t22?,23-/m0/s1. The molecule has 2 amide bonds. The molecule has 1 fully saturated rings. The number of aliphatic carboxylic acids is 1. The molecule has 0 aliphatic carbocycles. The number of benzene rings is 2. The molecular weight excluding hydrogens is 536 g/mol. The maximum Gasteiger partial charge on any atom is 0.326 e. The fourth-order valence-corrected chi connectivity index (χ4v) is 6.16. The number of carboxylic acids is 1. The number of guanidine groups is 1. The summed E-state index contributed by atoms with van der Waals surface area (Å²) in [6.07, 6.45) is 3.42. The highest BCUT2D eigenvalue weighted by Crippen LogP contribution is 2.26. The molecule has 0 radical (unpaired) electrons. The zero-order valence-electron chi connectivity index (χ0n) is 22.1. The molecule has 1 aliphatic heterocycles. The molecule has 0 bridgehead atoms. The van der Waals surface area contributed by atoms with Gasteiger partial charge in [0.25, 0.3) is 0 Å². The van der Waals surface area contributed by atoms with Crippen LogP contribution in [0.3, 0.4) is 0 Å². The minimum absolute atomic E-state index is 0.0121. The number of nitrogens with zero attached hydrogens (tertiary/aromatic N) is 1. The number of anilines is 1. The van der Waals surface area contributed by atoms with E-state index in [0.717, 1.165) is 17.1 Å². The molecule has 1 heterocycles. The number of rotatable bonds is 14. The molecule has 1 aliphatic rings. The van der Waals surface area contributed by atoms with Crippen LogP contribution in [0.15, 0.2) is 59.5 Å². The summed E-state index contributed by atoms with van der Waals surface area (Å²) in [7, 11) is -3.90. The monoisotopic (exact) mass is 572 g/mol. The van der Waals surface area contributed by atoms with Crippen molar-refractivity contribution in [3.8, 4) is 0 Å². The van der Waals surface area contributed by atoms with Crippen molar-refractivity contribution < 1.29 is 27.9 Å². The molecule has 12 nitrogen and oxygen atoms in total. The number of carboxylic acid groups (broad SMARTS) is 1. The van der Waals surface area contributed by atoms with Crippen LogP contribution in [0.5, 0.6) is 0 Å². The van der Waals surface area contributed by atoms with Crippen molar-refractivity contribution in [1.82, 2.24) is 14.9 Å². The predicted molar refractivity (Wildman–Crippen MR) is 150 cm³/mol. The maximum atomic E-state index is 13.1. The van der Waals surface area contributed by atoms with Gasteiger partial charge in [-0.2, -0.15) is 4.31 Å². The molecule has 2 aromatic rings. The molecule has 13 heteroatoms. The SMILES string of the molecule is N=C(N)NCCCCCC(=O)Nc1ccc(CC(NC(=O)[C@@H]2CCCN2S(=O)(=O)c2ccccc2)C(=O)O)cc1. The van der Waals surface area contributed by atoms with E-state index in [2.05, 4.69) is 16.0 Å². The molecule has 40 heavy (non-hydrogen) atoms. The number of carbonyl (C=O) groups excluding carboxylic acids is 2. The van der Waals surface area contributed by atoms with E-state index in [1.165, 1.54) is 12.1 Å². The third kappa shape index (κ3) is 8.78. The van der Waals surface area contributed by atoms with Crippen LogP contribution in [-0.2, 0) is 30.8 Å². The molecule has 1 unspecified atom stereocenters. The zero-order valence-corrected chi connectivity index (χ0v) is 23.0. The number of hydrogen-bond acceptors (Lipinski definition) is 6. The largest absolute Gasteiger partial charge is 0.480 e. The Morgan fingerprint density at radius 2 is 1.75 bits per heavy atom. The van der Waals surface area contributed by atoms with Gasteiger partial charge in [0.05, 0.1) is 4.90 Å². The number of unbranched alkanes of at least 4 members (excludes halogenated alkanes) is 2. The zero-order chi connectivity index (χ0) is 29.1. The Bertz CT molecular complexity index is 1290. The van der Waals surface area contributed by atoms with Gasteiger partial charge in [0.1, 0.15) is 12.1 Å². The second-order valence-electron chi connectivity index (χ2n) is 9.59. The topological polar surface area (TPSA) is 195 Å². The van der Waals surface area contributed by atoms with E-state index < -0.39 is 34.0 Å². The van der Waals surface area contributed by atoms with Crippen LogP contribution in [0.2, 0.25) is 0 Å². The number of amides is 2. The van der Waals surface area contributed by atoms with E-state index in [1.807, 2.05) is 0 Å². The lowest BCUT2D eigenvalue weighted by atomic mass is 10.0. The highest BCUT2D eigenvalue weighted by molar-refractivity contribution is 7.89. The Morgan fingerprint density at radius 1 is 1.05 bits per heavy atom. The second-order valence-corrected chi connectivity index (χ2v) is 11.5. The van der Waals surface area contributed by atoms with Crippen molar-refractivity contribution in [2.75, 3.05) is 18.4 Å². The number of nitrogens with two attached hydrogens (primary N) is 1. The molecule has 2 aromatic carbocycles. The Morgan fingerprint density at radius 3 is 2.40 bits per heavy atom. The number of sulfonamides is 1. The van der Waals surface area contributed by atoms with Crippen molar-refractivity contribution in [2.45, 2.75) is 61.9 Å². The number of carbonyl (C=O) groups is 3. The van der Waals surface area contributed by atoms with Crippen molar-refractivity contribution in [3.63, 3.8) is 0 Å². The minimum atomic E-state index is -3.90. The van der Waals surface area contributed by atoms with Crippen molar-refractivity contribution in [1.29, 1.82) is 5.41 Å². The lowest BCUT2D eigenvalue weighted by molar-refractivity contribution is -0.142. The first-order chi connectivity index (χ1) is 19.1. The molecule has 3 rings (SSSR count). The first kappa shape index (κ1) is 30.6. The molecule has 0 saturated carbocycles. The fraction of sp³-hybridized carbons (Fsp3) is 0.407. The van der Waals surface area contributed by atoms with E-state index in [-0.39, 0.29) is 29.7 Å². The summed E-state index contributed by atoms with van der Waals surface area (Å²) in [5, 5.41) is 24.9. The van der Waals surface area contributed by atoms with E-state index in [1.54, 1.807) is 42.5 Å². The van der Waals surface area contributed by atoms with Gasteiger partial charge in [0.15, 0.2) is 5.96 Å². The number of nitrogens with one attached hydrogen (secondary N) is 4. The van der Waals surface area contributed by atoms with Crippen LogP contribution in [0.4, 0.5) is 5.69 Å². The second kappa shape index (κ2) is 14.4. The van der Waals surface area contributed by atoms with Gasteiger partial charge in [-0.05, 0) is 55.5 Å². The van der Waals surface area contributed by atoms with Crippen molar-refractivity contribution in [3.05, 3.63) is 60.2 Å². The van der Waals surface area contributed by atoms with E-state index in [9.17, 15) is 27.9 Å². The average Bonchev–Trinajstić information content (AvgIpc) is 3.43. The van der Waals surface area contributed by atoms with Gasteiger partial charge in [-0.1, -0.05) is 36.8 Å². The van der Waals surface area contributed by atoms with Gasteiger partial charge < -0.3 is 26.8 Å². The van der Waals surface area contributed by atoms with Crippen LogP contribution in [0, 0.1) is 5.41 Å². The quantitative estimate of drug-likeness (QED) is 0.112. The average molecular weight is 573 g/mol. The van der Waals surface area contributed by atoms with E-state index in [4.69, 9.17) is 11.1 Å². The Balaban J connectivity index is 1.53. The summed E-state index contributed by atoms with van der Waals surface area (Å²) in [6, 6.07) is 12.3. The normalized spacial score (nSPS) is 16.1.